The van der Waals surface area contributed by atoms with Crippen molar-refractivity contribution in [1.29, 1.82) is 0 Å². The summed E-state index contributed by atoms with van der Waals surface area (Å²) in [6, 6.07) is 8.20. The molecule has 0 aliphatic carbocycles. The van der Waals surface area contributed by atoms with Crippen LogP contribution in [0.5, 0.6) is 0 Å². The molecule has 1 rings (SSSR count). The maximum Gasteiger partial charge on any atom is 0.226 e. The summed E-state index contributed by atoms with van der Waals surface area (Å²) in [7, 11) is 0. The van der Waals surface area contributed by atoms with Crippen molar-refractivity contribution in [3.8, 4) is 0 Å². The molecular weight excluding hydrogens is 210 g/mol. The van der Waals surface area contributed by atoms with Crippen LogP contribution in [0.3, 0.4) is 0 Å². The van der Waals surface area contributed by atoms with Crippen LogP contribution in [0.4, 0.5) is 5.69 Å². The van der Waals surface area contributed by atoms with Crippen LogP contribution in [-0.4, -0.2) is 5.91 Å². The fourth-order valence-corrected chi connectivity index (χ4v) is 1.92. The van der Waals surface area contributed by atoms with Gasteiger partial charge in [0.25, 0.3) is 0 Å². The molecule has 0 aliphatic rings. The van der Waals surface area contributed by atoms with Gasteiger partial charge in [0.15, 0.2) is 0 Å². The molecule has 1 aromatic carbocycles. The van der Waals surface area contributed by atoms with Gasteiger partial charge in [0.2, 0.25) is 5.91 Å². The Balaban J connectivity index is 2.82. The van der Waals surface area contributed by atoms with Crippen LogP contribution in [0, 0.1) is 5.92 Å². The third-order valence-electron chi connectivity index (χ3n) is 3.14. The summed E-state index contributed by atoms with van der Waals surface area (Å²) in [5.41, 5.74) is 2.23. The minimum Gasteiger partial charge on any atom is -0.326 e. The Kier molecular flexibility index (Phi) is 5.20. The molecule has 94 valence electrons. The predicted octanol–water partition coefficient (Wildman–Crippen LogP) is 4.18. The first-order valence-electron chi connectivity index (χ1n) is 6.49. The molecule has 0 atom stereocenters. The molecule has 1 amide bonds. The maximum absolute atomic E-state index is 11.6. The second-order valence-electron chi connectivity index (χ2n) is 4.78. The molecule has 0 aromatic heterocycles. The van der Waals surface area contributed by atoms with Crippen molar-refractivity contribution in [1.82, 2.24) is 0 Å². The summed E-state index contributed by atoms with van der Waals surface area (Å²) >= 11 is 0. The summed E-state index contributed by atoms with van der Waals surface area (Å²) in [5, 5.41) is 2.95. The number of hydrogen-bond donors (Lipinski definition) is 1. The number of amides is 1. The van der Waals surface area contributed by atoms with E-state index in [0.29, 0.717) is 5.92 Å². The lowest BCUT2D eigenvalue weighted by molar-refractivity contribution is -0.118. The number of rotatable bonds is 5. The van der Waals surface area contributed by atoms with Gasteiger partial charge in [-0.15, -0.1) is 0 Å². The van der Waals surface area contributed by atoms with E-state index in [0.717, 1.165) is 18.5 Å². The average Bonchev–Trinajstić information content (AvgIpc) is 2.31. The number of benzene rings is 1. The molecule has 17 heavy (non-hydrogen) atoms. The zero-order valence-electron chi connectivity index (χ0n) is 11.3. The third kappa shape index (κ3) is 3.88. The van der Waals surface area contributed by atoms with Gasteiger partial charge in [0.1, 0.15) is 0 Å². The SMILES string of the molecule is CCC(CC)c1cccc(NC(=O)C(C)C)c1. The van der Waals surface area contributed by atoms with Crippen molar-refractivity contribution in [3.05, 3.63) is 29.8 Å². The maximum atomic E-state index is 11.6. The summed E-state index contributed by atoms with van der Waals surface area (Å²) in [4.78, 5) is 11.6. The Morgan fingerprint density at radius 1 is 1.24 bits per heavy atom. The van der Waals surface area contributed by atoms with E-state index < -0.39 is 0 Å². The first-order valence-corrected chi connectivity index (χ1v) is 6.49. The van der Waals surface area contributed by atoms with E-state index in [4.69, 9.17) is 0 Å². The molecule has 1 aromatic rings. The van der Waals surface area contributed by atoms with Crippen molar-refractivity contribution in [3.63, 3.8) is 0 Å². The second-order valence-corrected chi connectivity index (χ2v) is 4.78. The highest BCUT2D eigenvalue weighted by Gasteiger charge is 2.10. The largest absolute Gasteiger partial charge is 0.326 e. The predicted molar refractivity (Wildman–Crippen MR) is 73.2 cm³/mol. The van der Waals surface area contributed by atoms with E-state index >= 15 is 0 Å². The van der Waals surface area contributed by atoms with Gasteiger partial charge < -0.3 is 5.32 Å². The number of hydrogen-bond acceptors (Lipinski definition) is 1. The molecule has 0 fully saturated rings. The highest BCUT2D eigenvalue weighted by Crippen LogP contribution is 2.25. The summed E-state index contributed by atoms with van der Waals surface area (Å²) in [6.45, 7) is 8.21. The highest BCUT2D eigenvalue weighted by molar-refractivity contribution is 5.92. The molecule has 1 N–H and O–H groups in total. The Morgan fingerprint density at radius 3 is 2.41 bits per heavy atom. The topological polar surface area (TPSA) is 29.1 Å². The zero-order valence-corrected chi connectivity index (χ0v) is 11.3. The Bertz CT molecular complexity index is 367. The highest BCUT2D eigenvalue weighted by atomic mass is 16.1. The number of carbonyl (C=O) groups is 1. The molecule has 0 saturated carbocycles. The van der Waals surface area contributed by atoms with Crippen LogP contribution < -0.4 is 5.32 Å². The van der Waals surface area contributed by atoms with E-state index in [1.165, 1.54) is 5.56 Å². The van der Waals surface area contributed by atoms with Gasteiger partial charge in [-0.2, -0.15) is 0 Å². The molecule has 0 spiro atoms. The minimum absolute atomic E-state index is 0.0202. The van der Waals surface area contributed by atoms with Gasteiger partial charge in [-0.1, -0.05) is 39.8 Å². The number of carbonyl (C=O) groups excluding carboxylic acids is 1. The average molecular weight is 233 g/mol. The van der Waals surface area contributed by atoms with Crippen molar-refractivity contribution in [2.45, 2.75) is 46.5 Å². The van der Waals surface area contributed by atoms with Gasteiger partial charge in [0, 0.05) is 11.6 Å². The fraction of sp³-hybridized carbons (Fsp3) is 0.533. The molecule has 0 radical (unpaired) electrons. The monoisotopic (exact) mass is 233 g/mol. The van der Waals surface area contributed by atoms with Gasteiger partial charge >= 0.3 is 0 Å². The van der Waals surface area contributed by atoms with Crippen molar-refractivity contribution in [2.75, 3.05) is 5.32 Å². The quantitative estimate of drug-likeness (QED) is 0.812. The van der Waals surface area contributed by atoms with Crippen molar-refractivity contribution >= 4 is 11.6 Å². The Hall–Kier alpha value is -1.31. The molecule has 2 heteroatoms. The summed E-state index contributed by atoms with van der Waals surface area (Å²) in [5.74, 6) is 0.685. The van der Waals surface area contributed by atoms with Crippen LogP contribution in [-0.2, 0) is 4.79 Å². The number of anilines is 1. The van der Waals surface area contributed by atoms with Gasteiger partial charge in [-0.25, -0.2) is 0 Å². The van der Waals surface area contributed by atoms with Gasteiger partial charge in [0.05, 0.1) is 0 Å². The van der Waals surface area contributed by atoms with Crippen molar-refractivity contribution in [2.24, 2.45) is 5.92 Å². The first-order chi connectivity index (χ1) is 8.08. The zero-order chi connectivity index (χ0) is 12.8. The van der Waals surface area contributed by atoms with Gasteiger partial charge in [-0.3, -0.25) is 4.79 Å². The van der Waals surface area contributed by atoms with Crippen LogP contribution in [0.1, 0.15) is 52.0 Å². The third-order valence-corrected chi connectivity index (χ3v) is 3.14. The molecule has 0 saturated heterocycles. The fourth-order valence-electron chi connectivity index (χ4n) is 1.92. The standard InChI is InChI=1S/C15H23NO/c1-5-12(6-2)13-8-7-9-14(10-13)16-15(17)11(3)4/h7-12H,5-6H2,1-4H3,(H,16,17). The summed E-state index contributed by atoms with van der Waals surface area (Å²) < 4.78 is 0. The molecule has 0 bridgehead atoms. The Labute approximate surface area is 104 Å². The van der Waals surface area contributed by atoms with E-state index in [1.807, 2.05) is 26.0 Å². The van der Waals surface area contributed by atoms with Crippen molar-refractivity contribution < 1.29 is 4.79 Å². The second kappa shape index (κ2) is 6.43. The summed E-state index contributed by atoms with van der Waals surface area (Å²) in [6.07, 6.45) is 2.27. The van der Waals surface area contributed by atoms with Crippen LogP contribution in [0.2, 0.25) is 0 Å². The van der Waals surface area contributed by atoms with E-state index in [9.17, 15) is 4.79 Å². The Morgan fingerprint density at radius 2 is 1.88 bits per heavy atom. The molecular formula is C15H23NO. The lowest BCUT2D eigenvalue weighted by atomic mass is 9.94. The lowest BCUT2D eigenvalue weighted by Gasteiger charge is -2.15. The van der Waals surface area contributed by atoms with E-state index in [2.05, 4.69) is 31.3 Å². The molecule has 0 heterocycles. The molecule has 0 unspecified atom stereocenters. The van der Waals surface area contributed by atoms with E-state index in [-0.39, 0.29) is 11.8 Å². The molecule has 2 nitrogen and oxygen atoms in total. The van der Waals surface area contributed by atoms with Crippen LogP contribution >= 0.6 is 0 Å². The first kappa shape index (κ1) is 13.8. The minimum atomic E-state index is 0.0202. The van der Waals surface area contributed by atoms with Crippen LogP contribution in [0.15, 0.2) is 24.3 Å². The normalized spacial score (nSPS) is 10.9. The van der Waals surface area contributed by atoms with E-state index in [1.54, 1.807) is 0 Å². The number of nitrogens with one attached hydrogen (secondary N) is 1. The van der Waals surface area contributed by atoms with Gasteiger partial charge in [-0.05, 0) is 36.5 Å². The smallest absolute Gasteiger partial charge is 0.226 e. The molecule has 0 aliphatic heterocycles. The lowest BCUT2D eigenvalue weighted by Crippen LogP contribution is -2.17. The van der Waals surface area contributed by atoms with Crippen LogP contribution in [0.25, 0.3) is 0 Å².